The van der Waals surface area contributed by atoms with Crippen LogP contribution in [0.2, 0.25) is 10.0 Å². The van der Waals surface area contributed by atoms with Crippen molar-refractivity contribution in [2.45, 2.75) is 12.5 Å². The van der Waals surface area contributed by atoms with Crippen molar-refractivity contribution < 1.29 is 9.59 Å². The number of amides is 2. The minimum atomic E-state index is -0.729. The summed E-state index contributed by atoms with van der Waals surface area (Å²) in [4.78, 5) is 33.0. The SMILES string of the molecule is CN1CCN(C2=NC(CC(=O)Nc3cccc(Cl)c3Cl)C(=O)N2)CC1. The monoisotopic (exact) mass is 383 g/mol. The highest BCUT2D eigenvalue weighted by atomic mass is 35.5. The summed E-state index contributed by atoms with van der Waals surface area (Å²) in [5, 5.41) is 6.07. The van der Waals surface area contributed by atoms with Crippen molar-refractivity contribution >= 4 is 46.7 Å². The largest absolute Gasteiger partial charge is 0.340 e. The van der Waals surface area contributed by atoms with E-state index in [1.54, 1.807) is 18.2 Å². The van der Waals surface area contributed by atoms with Gasteiger partial charge in [0.05, 0.1) is 22.2 Å². The summed E-state index contributed by atoms with van der Waals surface area (Å²) in [7, 11) is 2.06. The van der Waals surface area contributed by atoms with E-state index in [0.29, 0.717) is 16.7 Å². The van der Waals surface area contributed by atoms with Gasteiger partial charge in [-0.1, -0.05) is 29.3 Å². The molecule has 1 aromatic rings. The molecule has 3 rings (SSSR count). The molecular weight excluding hydrogens is 365 g/mol. The molecule has 2 N–H and O–H groups in total. The number of likely N-dealkylation sites (N-methyl/N-ethyl adjacent to an activating group) is 1. The average Bonchev–Trinajstić information content (AvgIpc) is 2.93. The summed E-state index contributed by atoms with van der Waals surface area (Å²) in [5.74, 6) is -0.0503. The molecule has 1 aromatic carbocycles. The zero-order valence-electron chi connectivity index (χ0n) is 13.8. The maximum Gasteiger partial charge on any atom is 0.252 e. The Morgan fingerprint density at radius 1 is 1.32 bits per heavy atom. The zero-order valence-corrected chi connectivity index (χ0v) is 15.3. The molecule has 1 unspecified atom stereocenters. The molecule has 9 heteroatoms. The summed E-state index contributed by atoms with van der Waals surface area (Å²) in [6.45, 7) is 3.42. The lowest BCUT2D eigenvalue weighted by Crippen LogP contribution is -2.50. The second kappa shape index (κ2) is 7.59. The van der Waals surface area contributed by atoms with Crippen LogP contribution < -0.4 is 10.6 Å². The number of carbonyl (C=O) groups excluding carboxylic acids is 2. The minimum absolute atomic E-state index is 0.0497. The number of anilines is 1. The molecular formula is C16H19Cl2N5O2. The first-order chi connectivity index (χ1) is 11.9. The van der Waals surface area contributed by atoms with Gasteiger partial charge in [-0.25, -0.2) is 4.99 Å². The van der Waals surface area contributed by atoms with Gasteiger partial charge in [0.1, 0.15) is 6.04 Å². The third-order valence-corrected chi connectivity index (χ3v) is 5.04. The standard InChI is InChI=1S/C16H19Cl2N5O2/c1-22-5-7-23(8-6-22)16-20-12(15(25)21-16)9-13(24)19-11-4-2-3-10(17)14(11)18/h2-4,12H,5-9H2,1H3,(H,19,24)(H,20,21,25). The highest BCUT2D eigenvalue weighted by Gasteiger charge is 2.32. The number of piperazine rings is 1. The molecule has 134 valence electrons. The molecule has 1 atom stereocenters. The van der Waals surface area contributed by atoms with E-state index in [2.05, 4.69) is 27.6 Å². The van der Waals surface area contributed by atoms with Crippen molar-refractivity contribution in [3.8, 4) is 0 Å². The Labute approximate surface area is 156 Å². The molecule has 2 aliphatic heterocycles. The number of hydrogen-bond acceptors (Lipinski definition) is 5. The molecule has 1 fully saturated rings. The third-order valence-electron chi connectivity index (χ3n) is 4.22. The number of carbonyl (C=O) groups is 2. The normalized spacial score (nSPS) is 21.1. The zero-order chi connectivity index (χ0) is 18.0. The average molecular weight is 384 g/mol. The van der Waals surface area contributed by atoms with Crippen molar-refractivity contribution in [2.75, 3.05) is 38.5 Å². The van der Waals surface area contributed by atoms with Gasteiger partial charge in [-0.3, -0.25) is 14.9 Å². The van der Waals surface area contributed by atoms with E-state index in [1.807, 2.05) is 4.90 Å². The smallest absolute Gasteiger partial charge is 0.252 e. The van der Waals surface area contributed by atoms with Crippen LogP contribution in [0.15, 0.2) is 23.2 Å². The molecule has 0 spiro atoms. The van der Waals surface area contributed by atoms with Crippen LogP contribution in [0.4, 0.5) is 5.69 Å². The highest BCUT2D eigenvalue weighted by molar-refractivity contribution is 6.44. The summed E-state index contributed by atoms with van der Waals surface area (Å²) in [6.07, 6.45) is -0.0497. The maximum absolute atomic E-state index is 12.2. The first-order valence-corrected chi connectivity index (χ1v) is 8.75. The lowest BCUT2D eigenvalue weighted by atomic mass is 10.2. The predicted molar refractivity (Wildman–Crippen MR) is 98.1 cm³/mol. The van der Waals surface area contributed by atoms with Gasteiger partial charge in [-0.2, -0.15) is 0 Å². The molecule has 0 aromatic heterocycles. The fourth-order valence-electron chi connectivity index (χ4n) is 2.73. The van der Waals surface area contributed by atoms with Crippen LogP contribution in [0.1, 0.15) is 6.42 Å². The van der Waals surface area contributed by atoms with Crippen molar-refractivity contribution in [2.24, 2.45) is 4.99 Å². The van der Waals surface area contributed by atoms with E-state index in [-0.39, 0.29) is 23.3 Å². The number of aliphatic imine (C=N–C) groups is 1. The molecule has 0 bridgehead atoms. The molecule has 0 radical (unpaired) electrons. The van der Waals surface area contributed by atoms with Crippen LogP contribution in [0.25, 0.3) is 0 Å². The molecule has 1 saturated heterocycles. The van der Waals surface area contributed by atoms with Crippen LogP contribution >= 0.6 is 23.2 Å². The number of benzene rings is 1. The number of hydrogen-bond donors (Lipinski definition) is 2. The van der Waals surface area contributed by atoms with E-state index in [1.165, 1.54) is 0 Å². The molecule has 2 amide bonds. The van der Waals surface area contributed by atoms with Gasteiger partial charge in [0.25, 0.3) is 5.91 Å². The molecule has 2 aliphatic rings. The predicted octanol–water partition coefficient (Wildman–Crippen LogP) is 1.42. The minimum Gasteiger partial charge on any atom is -0.340 e. The number of halogens is 2. The van der Waals surface area contributed by atoms with Gasteiger partial charge in [0.2, 0.25) is 11.9 Å². The number of nitrogens with zero attached hydrogens (tertiary/aromatic N) is 3. The molecule has 25 heavy (non-hydrogen) atoms. The number of rotatable bonds is 3. The Kier molecular flexibility index (Phi) is 5.46. The lowest BCUT2D eigenvalue weighted by Gasteiger charge is -2.33. The van der Waals surface area contributed by atoms with Gasteiger partial charge >= 0.3 is 0 Å². The summed E-state index contributed by atoms with van der Waals surface area (Å²) >= 11 is 12.0. The van der Waals surface area contributed by atoms with Crippen molar-refractivity contribution in [1.29, 1.82) is 0 Å². The van der Waals surface area contributed by atoms with E-state index >= 15 is 0 Å². The van der Waals surface area contributed by atoms with E-state index in [9.17, 15) is 9.59 Å². The summed E-state index contributed by atoms with van der Waals surface area (Å²) < 4.78 is 0. The van der Waals surface area contributed by atoms with Gasteiger partial charge < -0.3 is 15.1 Å². The van der Waals surface area contributed by atoms with E-state index in [0.717, 1.165) is 26.2 Å². The topological polar surface area (TPSA) is 77.0 Å². The van der Waals surface area contributed by atoms with Crippen molar-refractivity contribution in [3.05, 3.63) is 28.2 Å². The first kappa shape index (κ1) is 18.0. The lowest BCUT2D eigenvalue weighted by molar-refractivity contribution is -0.124. The number of nitrogens with one attached hydrogen (secondary N) is 2. The summed E-state index contributed by atoms with van der Waals surface area (Å²) in [6, 6.07) is 4.25. The Morgan fingerprint density at radius 2 is 2.04 bits per heavy atom. The van der Waals surface area contributed by atoms with Crippen LogP contribution in [-0.2, 0) is 9.59 Å². The van der Waals surface area contributed by atoms with Gasteiger partial charge in [-0.05, 0) is 19.2 Å². The van der Waals surface area contributed by atoms with Crippen molar-refractivity contribution in [1.82, 2.24) is 15.1 Å². The molecule has 7 nitrogen and oxygen atoms in total. The van der Waals surface area contributed by atoms with Gasteiger partial charge in [0.15, 0.2) is 0 Å². The van der Waals surface area contributed by atoms with Crippen molar-refractivity contribution in [3.63, 3.8) is 0 Å². The van der Waals surface area contributed by atoms with Gasteiger partial charge in [0, 0.05) is 26.2 Å². The maximum atomic E-state index is 12.2. The van der Waals surface area contributed by atoms with E-state index < -0.39 is 6.04 Å². The van der Waals surface area contributed by atoms with Crippen LogP contribution in [0, 0.1) is 0 Å². The quantitative estimate of drug-likeness (QED) is 0.827. The molecule has 0 saturated carbocycles. The third kappa shape index (κ3) is 4.23. The fraction of sp³-hybridized carbons (Fsp3) is 0.438. The molecule has 0 aliphatic carbocycles. The summed E-state index contributed by atoms with van der Waals surface area (Å²) in [5.41, 5.74) is 0.417. The second-order valence-electron chi connectivity index (χ2n) is 6.10. The Balaban J connectivity index is 1.61. The Morgan fingerprint density at radius 3 is 2.76 bits per heavy atom. The Bertz CT molecular complexity index is 716. The number of guanidine groups is 1. The second-order valence-corrected chi connectivity index (χ2v) is 6.89. The van der Waals surface area contributed by atoms with Crippen LogP contribution in [-0.4, -0.2) is 66.8 Å². The highest BCUT2D eigenvalue weighted by Crippen LogP contribution is 2.29. The molecule has 2 heterocycles. The van der Waals surface area contributed by atoms with Crippen LogP contribution in [0.3, 0.4) is 0 Å². The Hall–Kier alpha value is -1.83. The fourth-order valence-corrected chi connectivity index (χ4v) is 3.07. The van der Waals surface area contributed by atoms with E-state index in [4.69, 9.17) is 23.2 Å². The van der Waals surface area contributed by atoms with Gasteiger partial charge in [-0.15, -0.1) is 0 Å². The van der Waals surface area contributed by atoms with Crippen LogP contribution in [0.5, 0.6) is 0 Å². The first-order valence-electron chi connectivity index (χ1n) is 8.00.